The minimum absolute atomic E-state index is 0.00103. The van der Waals surface area contributed by atoms with Crippen LogP contribution in [0.5, 0.6) is 0 Å². The van der Waals surface area contributed by atoms with Gasteiger partial charge in [0.2, 0.25) is 0 Å². The molecule has 0 aliphatic carbocycles. The van der Waals surface area contributed by atoms with Crippen molar-refractivity contribution in [2.75, 3.05) is 19.8 Å². The number of carbonyl (C=O) groups is 1. The third kappa shape index (κ3) is 4.03. The Hall–Kier alpha value is -2.45. The maximum absolute atomic E-state index is 12.6. The Bertz CT molecular complexity index is 879. The van der Waals surface area contributed by atoms with Crippen molar-refractivity contribution in [2.24, 2.45) is 0 Å². The molecule has 0 radical (unpaired) electrons. The highest BCUT2D eigenvalue weighted by molar-refractivity contribution is 5.94. The third-order valence-electron chi connectivity index (χ3n) is 4.29. The highest BCUT2D eigenvalue weighted by Crippen LogP contribution is 2.13. The molecule has 140 valence electrons. The Kier molecular flexibility index (Phi) is 5.53. The molecule has 2 aromatic heterocycles. The summed E-state index contributed by atoms with van der Waals surface area (Å²) in [6, 6.07) is 1.53. The van der Waals surface area contributed by atoms with Gasteiger partial charge in [0.1, 0.15) is 11.7 Å². The van der Waals surface area contributed by atoms with E-state index in [1.165, 1.54) is 10.7 Å². The number of ether oxygens (including phenoxy) is 2. The molecule has 3 rings (SSSR count). The van der Waals surface area contributed by atoms with E-state index in [1.54, 1.807) is 6.07 Å². The normalized spacial score (nSPS) is 20.1. The van der Waals surface area contributed by atoms with Crippen LogP contribution in [0.4, 0.5) is 0 Å². The number of aryl methyl sites for hydroxylation is 1. The average Bonchev–Trinajstić information content (AvgIpc) is 2.98. The summed E-state index contributed by atoms with van der Waals surface area (Å²) in [5.74, 6) is -0.452. The van der Waals surface area contributed by atoms with Gasteiger partial charge in [-0.05, 0) is 27.2 Å². The van der Waals surface area contributed by atoms with E-state index in [0.29, 0.717) is 31.9 Å². The number of nitrogens with one attached hydrogen (secondary N) is 2. The first kappa shape index (κ1) is 18.3. The van der Waals surface area contributed by atoms with Gasteiger partial charge in [-0.15, -0.1) is 0 Å². The van der Waals surface area contributed by atoms with Crippen LogP contribution in [0.2, 0.25) is 0 Å². The molecule has 0 unspecified atom stereocenters. The summed E-state index contributed by atoms with van der Waals surface area (Å²) < 4.78 is 12.6. The topological polar surface area (TPSA) is 97.7 Å². The lowest BCUT2D eigenvalue weighted by Crippen LogP contribution is -2.50. The fourth-order valence-electron chi connectivity index (χ4n) is 2.86. The summed E-state index contributed by atoms with van der Waals surface area (Å²) in [5, 5.41) is 5.79. The number of rotatable bonds is 5. The number of hydrogen-bond acceptors (Lipinski definition) is 5. The summed E-state index contributed by atoms with van der Waals surface area (Å²) in [6.45, 7) is 7.23. The second-order valence-corrected chi connectivity index (χ2v) is 6.71. The van der Waals surface area contributed by atoms with Gasteiger partial charge >= 0.3 is 0 Å². The first-order chi connectivity index (χ1) is 12.5. The molecular weight excluding hydrogens is 336 g/mol. The second kappa shape index (κ2) is 7.84. The molecule has 8 heteroatoms. The Morgan fingerprint density at radius 1 is 1.54 bits per heavy atom. The number of amides is 1. The van der Waals surface area contributed by atoms with Gasteiger partial charge in [0.05, 0.1) is 19.3 Å². The maximum Gasteiger partial charge on any atom is 0.285 e. The van der Waals surface area contributed by atoms with Crippen LogP contribution < -0.4 is 10.9 Å². The quantitative estimate of drug-likeness (QED) is 0.781. The lowest BCUT2D eigenvalue weighted by Gasteiger charge is -2.31. The fourth-order valence-corrected chi connectivity index (χ4v) is 2.86. The number of carbonyl (C=O) groups excluding carboxylic acids is 1. The van der Waals surface area contributed by atoms with Gasteiger partial charge in [0, 0.05) is 24.6 Å². The number of allylic oxidation sites excluding steroid dienone is 1. The van der Waals surface area contributed by atoms with E-state index in [4.69, 9.17) is 9.47 Å². The molecule has 0 bridgehead atoms. The summed E-state index contributed by atoms with van der Waals surface area (Å²) >= 11 is 0. The van der Waals surface area contributed by atoms with Crippen LogP contribution in [-0.4, -0.2) is 52.5 Å². The summed E-state index contributed by atoms with van der Waals surface area (Å²) in [7, 11) is 0. The Labute approximate surface area is 151 Å². The largest absolute Gasteiger partial charge is 0.379 e. The molecule has 2 atom stereocenters. The predicted molar refractivity (Wildman–Crippen MR) is 96.4 cm³/mol. The van der Waals surface area contributed by atoms with Crippen LogP contribution in [0.25, 0.3) is 5.65 Å². The monoisotopic (exact) mass is 360 g/mol. The molecule has 1 fully saturated rings. The lowest BCUT2D eigenvalue weighted by molar-refractivity contribution is -0.0589. The fraction of sp³-hybridized carbons (Fsp3) is 0.500. The molecule has 1 aliphatic heterocycles. The molecule has 1 amide bonds. The van der Waals surface area contributed by atoms with Gasteiger partial charge in [-0.1, -0.05) is 11.6 Å². The van der Waals surface area contributed by atoms with Gasteiger partial charge in [-0.3, -0.25) is 14.7 Å². The smallest absolute Gasteiger partial charge is 0.285 e. The maximum atomic E-state index is 12.6. The van der Waals surface area contributed by atoms with E-state index in [9.17, 15) is 9.59 Å². The van der Waals surface area contributed by atoms with E-state index in [0.717, 1.165) is 11.3 Å². The highest BCUT2D eigenvalue weighted by atomic mass is 16.5. The molecule has 0 saturated carbocycles. The minimum atomic E-state index is -0.452. The van der Waals surface area contributed by atoms with E-state index in [2.05, 4.69) is 15.4 Å². The van der Waals surface area contributed by atoms with Gasteiger partial charge in [-0.2, -0.15) is 0 Å². The van der Waals surface area contributed by atoms with Crippen molar-refractivity contribution in [3.63, 3.8) is 0 Å². The molecular formula is C18H24N4O4. The van der Waals surface area contributed by atoms with Crippen molar-refractivity contribution in [3.8, 4) is 0 Å². The van der Waals surface area contributed by atoms with Crippen LogP contribution in [0.1, 0.15) is 36.3 Å². The molecule has 3 heterocycles. The Morgan fingerprint density at radius 3 is 3.12 bits per heavy atom. The van der Waals surface area contributed by atoms with Crippen molar-refractivity contribution < 1.29 is 14.3 Å². The molecule has 1 saturated heterocycles. The van der Waals surface area contributed by atoms with Crippen LogP contribution in [0.3, 0.4) is 0 Å². The van der Waals surface area contributed by atoms with Gasteiger partial charge in [-0.25, -0.2) is 9.50 Å². The average molecular weight is 360 g/mol. The van der Waals surface area contributed by atoms with Crippen LogP contribution in [0.15, 0.2) is 28.7 Å². The molecule has 0 aromatic carbocycles. The van der Waals surface area contributed by atoms with Crippen LogP contribution in [-0.2, 0) is 9.47 Å². The van der Waals surface area contributed by atoms with E-state index in [-0.39, 0.29) is 17.7 Å². The van der Waals surface area contributed by atoms with Crippen molar-refractivity contribution in [2.45, 2.75) is 39.3 Å². The van der Waals surface area contributed by atoms with Crippen molar-refractivity contribution in [3.05, 3.63) is 45.5 Å². The molecule has 2 N–H and O–H groups in total. The van der Waals surface area contributed by atoms with Crippen molar-refractivity contribution in [1.29, 1.82) is 0 Å². The van der Waals surface area contributed by atoms with Crippen LogP contribution in [0, 0.1) is 6.92 Å². The summed E-state index contributed by atoms with van der Waals surface area (Å²) in [5.41, 5.74) is 2.02. The molecule has 8 nitrogen and oxygen atoms in total. The predicted octanol–water partition coefficient (Wildman–Crippen LogP) is 1.20. The van der Waals surface area contributed by atoms with Crippen molar-refractivity contribution >= 4 is 11.6 Å². The second-order valence-electron chi connectivity index (χ2n) is 6.71. The van der Waals surface area contributed by atoms with E-state index in [1.807, 2.05) is 26.8 Å². The molecule has 0 spiro atoms. The molecule has 2 aromatic rings. The lowest BCUT2D eigenvalue weighted by atomic mass is 10.1. The molecule has 1 aliphatic rings. The summed E-state index contributed by atoms with van der Waals surface area (Å²) in [4.78, 5) is 29.3. The van der Waals surface area contributed by atoms with Gasteiger partial charge in [0.25, 0.3) is 11.5 Å². The van der Waals surface area contributed by atoms with E-state index >= 15 is 0 Å². The number of nitrogens with zero attached hydrogens (tertiary/aromatic N) is 2. The minimum Gasteiger partial charge on any atom is -0.379 e. The zero-order valence-corrected chi connectivity index (χ0v) is 15.2. The standard InChI is InChI=1S/C18H24N4O4/c1-11(2)4-7-26-15-10-25-6-5-14(15)20-17(23)13-9-19-16-8-12(3)21-22(16)18(13)24/h4,8-9,14-15,21H,5-7,10H2,1-3H3,(H,20,23)/t14-,15-/m1/s1. The SMILES string of the molecule is CC(C)=CCO[C@@H]1COCC[C@H]1NC(=O)c1cnc2cc(C)[nH]n2c1=O. The number of aromatic nitrogens is 3. The van der Waals surface area contributed by atoms with E-state index < -0.39 is 11.5 Å². The number of fused-ring (bicyclic) bond motifs is 1. The Balaban J connectivity index is 1.74. The number of H-pyrrole nitrogens is 1. The van der Waals surface area contributed by atoms with Crippen LogP contribution >= 0.6 is 0 Å². The van der Waals surface area contributed by atoms with Gasteiger partial charge < -0.3 is 14.8 Å². The van der Waals surface area contributed by atoms with Gasteiger partial charge in [0.15, 0.2) is 5.65 Å². The number of aromatic amines is 1. The van der Waals surface area contributed by atoms with Crippen molar-refractivity contribution in [1.82, 2.24) is 19.9 Å². The zero-order chi connectivity index (χ0) is 18.7. The third-order valence-corrected chi connectivity index (χ3v) is 4.29. The first-order valence-corrected chi connectivity index (χ1v) is 8.66. The zero-order valence-electron chi connectivity index (χ0n) is 15.2. The first-order valence-electron chi connectivity index (χ1n) is 8.66. The number of hydrogen-bond donors (Lipinski definition) is 2. The highest BCUT2D eigenvalue weighted by Gasteiger charge is 2.29. The Morgan fingerprint density at radius 2 is 2.35 bits per heavy atom. The summed E-state index contributed by atoms with van der Waals surface area (Å²) in [6.07, 6.45) is 3.67. The molecule has 26 heavy (non-hydrogen) atoms.